The zero-order valence-electron chi connectivity index (χ0n) is 12.2. The Kier molecular flexibility index (Phi) is 4.47. The van der Waals surface area contributed by atoms with Crippen molar-refractivity contribution in [1.82, 2.24) is 0 Å². The molecule has 110 valence electrons. The fourth-order valence-corrected chi connectivity index (χ4v) is 2.50. The monoisotopic (exact) mass is 349 g/mol. The van der Waals surface area contributed by atoms with Crippen molar-refractivity contribution >= 4 is 27.5 Å². The van der Waals surface area contributed by atoms with E-state index >= 15 is 0 Å². The Balaban J connectivity index is 2.28. The molecule has 21 heavy (non-hydrogen) atoms. The minimum atomic E-state index is -0.697. The number of carbonyl (C=O) groups is 1. The van der Waals surface area contributed by atoms with E-state index in [2.05, 4.69) is 21.2 Å². The molecule has 0 bridgehead atoms. The van der Waals surface area contributed by atoms with E-state index in [0.29, 0.717) is 10.2 Å². The molecule has 0 saturated carbocycles. The van der Waals surface area contributed by atoms with E-state index in [9.17, 15) is 9.18 Å². The second-order valence-corrected chi connectivity index (χ2v) is 6.38. The molecule has 0 heterocycles. The fraction of sp³-hybridized carbons (Fsp3) is 0.235. The van der Waals surface area contributed by atoms with E-state index in [1.807, 2.05) is 51.1 Å². The third-order valence-electron chi connectivity index (χ3n) is 3.58. The Hall–Kier alpha value is -1.68. The van der Waals surface area contributed by atoms with Gasteiger partial charge in [0.05, 0.1) is 9.89 Å². The first-order valence-electron chi connectivity index (χ1n) is 6.65. The van der Waals surface area contributed by atoms with Crippen molar-refractivity contribution in [2.75, 3.05) is 5.32 Å². The highest BCUT2D eigenvalue weighted by molar-refractivity contribution is 9.10. The average molecular weight is 350 g/mol. The molecule has 0 aromatic heterocycles. The Morgan fingerprint density at radius 3 is 2.43 bits per heavy atom. The van der Waals surface area contributed by atoms with Crippen LogP contribution in [0.3, 0.4) is 0 Å². The number of hydrogen-bond donors (Lipinski definition) is 1. The molecule has 1 amide bonds. The first-order valence-corrected chi connectivity index (χ1v) is 7.44. The molecule has 0 aliphatic carbocycles. The van der Waals surface area contributed by atoms with Crippen LogP contribution in [0, 0.1) is 12.7 Å². The van der Waals surface area contributed by atoms with Crippen LogP contribution in [-0.2, 0) is 10.2 Å². The first-order chi connectivity index (χ1) is 9.82. The summed E-state index contributed by atoms with van der Waals surface area (Å²) in [6.45, 7) is 5.53. The molecular formula is C17H17BrFNO. The Morgan fingerprint density at radius 2 is 1.81 bits per heavy atom. The zero-order valence-corrected chi connectivity index (χ0v) is 13.8. The number of nitrogens with one attached hydrogen (secondary N) is 1. The van der Waals surface area contributed by atoms with Gasteiger partial charge < -0.3 is 5.32 Å². The summed E-state index contributed by atoms with van der Waals surface area (Å²) in [4.78, 5) is 12.5. The van der Waals surface area contributed by atoms with E-state index in [-0.39, 0.29) is 5.91 Å². The lowest BCUT2D eigenvalue weighted by Crippen LogP contribution is -2.34. The van der Waals surface area contributed by atoms with Gasteiger partial charge in [0, 0.05) is 5.69 Å². The van der Waals surface area contributed by atoms with Gasteiger partial charge in [-0.3, -0.25) is 4.79 Å². The van der Waals surface area contributed by atoms with Gasteiger partial charge in [-0.25, -0.2) is 4.39 Å². The lowest BCUT2D eigenvalue weighted by atomic mass is 9.83. The minimum Gasteiger partial charge on any atom is -0.325 e. The summed E-state index contributed by atoms with van der Waals surface area (Å²) >= 11 is 3.13. The largest absolute Gasteiger partial charge is 0.325 e. The molecule has 2 rings (SSSR count). The first kappa shape index (κ1) is 15.7. The molecule has 2 nitrogen and oxygen atoms in total. The maximum Gasteiger partial charge on any atom is 0.234 e. The van der Waals surface area contributed by atoms with Gasteiger partial charge in [0.1, 0.15) is 5.82 Å². The number of benzene rings is 2. The van der Waals surface area contributed by atoms with Gasteiger partial charge in [0.15, 0.2) is 0 Å². The second kappa shape index (κ2) is 5.98. The summed E-state index contributed by atoms with van der Waals surface area (Å²) in [6.07, 6.45) is 0. The molecule has 0 fully saturated rings. The zero-order chi connectivity index (χ0) is 15.6. The SMILES string of the molecule is Cc1cc(Br)c(F)cc1NC(=O)C(C)(C)c1ccccc1. The topological polar surface area (TPSA) is 29.1 Å². The third-order valence-corrected chi connectivity index (χ3v) is 4.19. The van der Waals surface area contributed by atoms with Crippen LogP contribution in [0.15, 0.2) is 46.9 Å². The highest BCUT2D eigenvalue weighted by atomic mass is 79.9. The molecule has 0 aliphatic rings. The third kappa shape index (κ3) is 3.32. The highest BCUT2D eigenvalue weighted by Crippen LogP contribution is 2.28. The van der Waals surface area contributed by atoms with Crippen molar-refractivity contribution in [3.8, 4) is 0 Å². The lowest BCUT2D eigenvalue weighted by Gasteiger charge is -2.24. The van der Waals surface area contributed by atoms with Gasteiger partial charge in [-0.1, -0.05) is 30.3 Å². The van der Waals surface area contributed by atoms with Crippen LogP contribution in [0.5, 0.6) is 0 Å². The van der Waals surface area contributed by atoms with Crippen molar-refractivity contribution in [1.29, 1.82) is 0 Å². The number of amides is 1. The Morgan fingerprint density at radius 1 is 1.19 bits per heavy atom. The molecule has 0 saturated heterocycles. The maximum atomic E-state index is 13.6. The Bertz CT molecular complexity index is 668. The number of aryl methyl sites for hydroxylation is 1. The van der Waals surface area contributed by atoms with Crippen molar-refractivity contribution in [2.24, 2.45) is 0 Å². The summed E-state index contributed by atoms with van der Waals surface area (Å²) in [5.74, 6) is -0.563. The second-order valence-electron chi connectivity index (χ2n) is 5.53. The van der Waals surface area contributed by atoms with Crippen molar-refractivity contribution in [2.45, 2.75) is 26.2 Å². The highest BCUT2D eigenvalue weighted by Gasteiger charge is 2.30. The Labute approximate surface area is 132 Å². The van der Waals surface area contributed by atoms with Crippen molar-refractivity contribution in [3.63, 3.8) is 0 Å². The van der Waals surface area contributed by atoms with E-state index in [1.165, 1.54) is 6.07 Å². The summed E-state index contributed by atoms with van der Waals surface area (Å²) in [5, 5.41) is 2.82. The van der Waals surface area contributed by atoms with Crippen LogP contribution < -0.4 is 5.32 Å². The molecule has 1 N–H and O–H groups in total. The number of carbonyl (C=O) groups excluding carboxylic acids is 1. The van der Waals surface area contributed by atoms with Crippen LogP contribution in [0.25, 0.3) is 0 Å². The minimum absolute atomic E-state index is 0.168. The van der Waals surface area contributed by atoms with Gasteiger partial charge in [-0.05, 0) is 60.0 Å². The summed E-state index contributed by atoms with van der Waals surface area (Å²) in [7, 11) is 0. The smallest absolute Gasteiger partial charge is 0.234 e. The van der Waals surface area contributed by atoms with E-state index in [0.717, 1.165) is 11.1 Å². The quantitative estimate of drug-likeness (QED) is 0.845. The van der Waals surface area contributed by atoms with Crippen molar-refractivity contribution in [3.05, 3.63) is 63.9 Å². The molecule has 0 unspecified atom stereocenters. The van der Waals surface area contributed by atoms with Gasteiger partial charge in [0.2, 0.25) is 5.91 Å². The normalized spacial score (nSPS) is 11.3. The lowest BCUT2D eigenvalue weighted by molar-refractivity contribution is -0.120. The van der Waals surface area contributed by atoms with Crippen LogP contribution in [0.1, 0.15) is 25.0 Å². The molecule has 0 spiro atoms. The van der Waals surface area contributed by atoms with E-state index in [1.54, 1.807) is 6.07 Å². The molecule has 0 aliphatic heterocycles. The van der Waals surface area contributed by atoms with E-state index in [4.69, 9.17) is 0 Å². The number of halogens is 2. The predicted molar refractivity (Wildman–Crippen MR) is 86.9 cm³/mol. The van der Waals surface area contributed by atoms with Gasteiger partial charge in [-0.2, -0.15) is 0 Å². The number of hydrogen-bond acceptors (Lipinski definition) is 1. The molecule has 4 heteroatoms. The van der Waals surface area contributed by atoms with Crippen LogP contribution in [0.2, 0.25) is 0 Å². The van der Waals surface area contributed by atoms with E-state index < -0.39 is 11.2 Å². The summed E-state index contributed by atoms with van der Waals surface area (Å²) in [5.41, 5.74) is 1.51. The maximum absolute atomic E-state index is 13.6. The van der Waals surface area contributed by atoms with Crippen LogP contribution in [-0.4, -0.2) is 5.91 Å². The van der Waals surface area contributed by atoms with Gasteiger partial charge in [0.25, 0.3) is 0 Å². The standard InChI is InChI=1S/C17H17BrFNO/c1-11-9-13(18)14(19)10-15(11)20-16(21)17(2,3)12-7-5-4-6-8-12/h4-10H,1-3H3,(H,20,21). The van der Waals surface area contributed by atoms with Crippen molar-refractivity contribution < 1.29 is 9.18 Å². The number of anilines is 1. The van der Waals surface area contributed by atoms with Gasteiger partial charge >= 0.3 is 0 Å². The summed E-state index contributed by atoms with van der Waals surface area (Å²) in [6, 6.07) is 12.5. The average Bonchev–Trinajstić information content (AvgIpc) is 2.45. The predicted octanol–water partition coefficient (Wildman–Crippen LogP) is 4.81. The molecule has 0 atom stereocenters. The van der Waals surface area contributed by atoms with Crippen LogP contribution in [0.4, 0.5) is 10.1 Å². The molecule has 2 aromatic rings. The summed E-state index contributed by atoms with van der Waals surface area (Å²) < 4.78 is 14.0. The fourth-order valence-electron chi connectivity index (χ4n) is 2.05. The van der Waals surface area contributed by atoms with Crippen LogP contribution >= 0.6 is 15.9 Å². The van der Waals surface area contributed by atoms with Gasteiger partial charge in [-0.15, -0.1) is 0 Å². The molecule has 2 aromatic carbocycles. The molecular weight excluding hydrogens is 333 g/mol. The number of rotatable bonds is 3. The molecule has 0 radical (unpaired) electrons.